The van der Waals surface area contributed by atoms with E-state index in [1.165, 1.54) is 5.56 Å². The molecule has 0 atom stereocenters. The molecule has 0 unspecified atom stereocenters. The van der Waals surface area contributed by atoms with Crippen LogP contribution < -0.4 is 10.1 Å². The Hall–Kier alpha value is -1.96. The van der Waals surface area contributed by atoms with Crippen molar-refractivity contribution in [2.75, 3.05) is 32.8 Å². The minimum absolute atomic E-state index is 0.203. The van der Waals surface area contributed by atoms with Gasteiger partial charge in [0.25, 0.3) is 5.91 Å². The number of amides is 1. The maximum Gasteiger partial charge on any atom is 0.257 e. The molecule has 0 saturated carbocycles. The van der Waals surface area contributed by atoms with Crippen molar-refractivity contribution in [2.45, 2.75) is 26.8 Å². The topological polar surface area (TPSA) is 44.8 Å². The van der Waals surface area contributed by atoms with Gasteiger partial charge in [0.1, 0.15) is 5.75 Å². The van der Waals surface area contributed by atoms with Gasteiger partial charge in [0.2, 0.25) is 0 Å². The van der Waals surface area contributed by atoms with E-state index in [4.69, 9.17) is 17.0 Å². The van der Waals surface area contributed by atoms with E-state index in [-0.39, 0.29) is 5.91 Å². The quantitative estimate of drug-likeness (QED) is 0.554. The number of carbonyl (C=O) groups is 1. The van der Waals surface area contributed by atoms with Gasteiger partial charge in [-0.25, -0.2) is 0 Å². The zero-order valence-electron chi connectivity index (χ0n) is 18.1. The Labute approximate surface area is 198 Å². The second-order valence-corrected chi connectivity index (χ2v) is 9.43. The molecule has 5 nitrogen and oxygen atoms in total. The number of thiocarbonyl (C=S) groups is 1. The molecule has 1 saturated heterocycles. The first-order valence-corrected chi connectivity index (χ1v) is 11.9. The lowest BCUT2D eigenvalue weighted by molar-refractivity contribution is 0.0969. The van der Waals surface area contributed by atoms with Crippen LogP contribution in [0.15, 0.2) is 53.0 Å². The minimum Gasteiger partial charge on any atom is -0.492 e. The second kappa shape index (κ2) is 11.6. The van der Waals surface area contributed by atoms with Crippen LogP contribution in [0, 0.1) is 5.92 Å². The molecule has 1 heterocycles. The van der Waals surface area contributed by atoms with Crippen LogP contribution in [-0.4, -0.2) is 53.6 Å². The predicted octanol–water partition coefficient (Wildman–Crippen LogP) is 4.71. The Balaban J connectivity index is 1.47. The molecule has 0 aliphatic carbocycles. The fourth-order valence-corrected chi connectivity index (χ4v) is 4.13. The van der Waals surface area contributed by atoms with Gasteiger partial charge in [-0.1, -0.05) is 44.2 Å². The summed E-state index contributed by atoms with van der Waals surface area (Å²) in [5, 5.41) is 3.36. The molecular weight excluding hydrogens is 474 g/mol. The zero-order chi connectivity index (χ0) is 22.2. The number of benzene rings is 2. The fourth-order valence-electron chi connectivity index (χ4n) is 3.36. The molecule has 3 rings (SSSR count). The molecule has 7 heteroatoms. The summed E-state index contributed by atoms with van der Waals surface area (Å²) in [5.41, 5.74) is 1.86. The number of nitrogens with zero attached hydrogens (tertiary/aromatic N) is 2. The third-order valence-corrected chi connectivity index (χ3v) is 6.26. The van der Waals surface area contributed by atoms with Crippen LogP contribution >= 0.6 is 28.1 Å². The van der Waals surface area contributed by atoms with Gasteiger partial charge in [-0.3, -0.25) is 15.0 Å². The predicted molar refractivity (Wildman–Crippen MR) is 132 cm³/mol. The monoisotopic (exact) mass is 503 g/mol. The first-order valence-electron chi connectivity index (χ1n) is 10.7. The molecule has 1 aliphatic heterocycles. The minimum atomic E-state index is -0.203. The summed E-state index contributed by atoms with van der Waals surface area (Å²) >= 11 is 9.00. The van der Waals surface area contributed by atoms with Crippen molar-refractivity contribution in [3.05, 3.63) is 64.1 Å². The number of carbonyl (C=O) groups excluding carboxylic acids is 1. The molecule has 0 spiro atoms. The van der Waals surface area contributed by atoms with E-state index in [1.807, 2.05) is 12.1 Å². The molecule has 1 fully saturated rings. The number of halogens is 1. The largest absolute Gasteiger partial charge is 0.492 e. The third kappa shape index (κ3) is 7.30. The number of hydrogen-bond acceptors (Lipinski definition) is 4. The van der Waals surface area contributed by atoms with Crippen molar-refractivity contribution < 1.29 is 9.53 Å². The smallest absolute Gasteiger partial charge is 0.257 e. The molecule has 31 heavy (non-hydrogen) atoms. The number of rotatable bonds is 7. The Kier molecular flexibility index (Phi) is 8.87. The summed E-state index contributed by atoms with van der Waals surface area (Å²) < 4.78 is 6.56. The van der Waals surface area contributed by atoms with Crippen LogP contribution in [0.3, 0.4) is 0 Å². The number of piperazine rings is 1. The van der Waals surface area contributed by atoms with E-state index in [9.17, 15) is 4.79 Å². The zero-order valence-corrected chi connectivity index (χ0v) is 20.5. The van der Waals surface area contributed by atoms with Crippen molar-refractivity contribution in [3.63, 3.8) is 0 Å². The van der Waals surface area contributed by atoms with Crippen LogP contribution in [0.4, 0.5) is 0 Å². The van der Waals surface area contributed by atoms with Crippen LogP contribution in [0.2, 0.25) is 0 Å². The van der Waals surface area contributed by atoms with Gasteiger partial charge in [-0.05, 0) is 64.2 Å². The lowest BCUT2D eigenvalue weighted by Gasteiger charge is -2.36. The molecular formula is C24H30BrN3O2S. The van der Waals surface area contributed by atoms with Gasteiger partial charge in [0, 0.05) is 38.3 Å². The summed E-state index contributed by atoms with van der Waals surface area (Å²) in [7, 11) is 0. The average molecular weight is 504 g/mol. The van der Waals surface area contributed by atoms with Crippen molar-refractivity contribution in [1.29, 1.82) is 0 Å². The fraction of sp³-hybridized carbons (Fsp3) is 0.417. The highest BCUT2D eigenvalue weighted by Gasteiger charge is 2.21. The van der Waals surface area contributed by atoms with Gasteiger partial charge in [-0.15, -0.1) is 0 Å². The first kappa shape index (κ1) is 23.7. The Morgan fingerprint density at radius 1 is 1.13 bits per heavy atom. The van der Waals surface area contributed by atoms with Crippen molar-refractivity contribution in [2.24, 2.45) is 5.92 Å². The standard InChI is InChI=1S/C24H30BrN3O2S/c1-18(2)10-15-30-22-9-8-20(16-21(22)25)23(29)26-24(31)28-13-11-27(12-14-28)17-19-6-4-3-5-7-19/h3-9,16,18H,10-15,17H2,1-2H3,(H,26,29,31). The van der Waals surface area contributed by atoms with Crippen molar-refractivity contribution in [1.82, 2.24) is 15.1 Å². The van der Waals surface area contributed by atoms with Gasteiger partial charge in [-0.2, -0.15) is 0 Å². The number of ether oxygens (including phenoxy) is 1. The molecule has 1 N–H and O–H groups in total. The van der Waals surface area contributed by atoms with E-state index in [0.717, 1.165) is 49.4 Å². The molecule has 166 valence electrons. The van der Waals surface area contributed by atoms with Crippen molar-refractivity contribution >= 4 is 39.2 Å². The average Bonchev–Trinajstić information content (AvgIpc) is 2.75. The lowest BCUT2D eigenvalue weighted by Crippen LogP contribution is -2.52. The SMILES string of the molecule is CC(C)CCOc1ccc(C(=O)NC(=S)N2CCN(Cc3ccccc3)CC2)cc1Br. The first-order chi connectivity index (χ1) is 14.9. The van der Waals surface area contributed by atoms with E-state index in [0.29, 0.717) is 23.2 Å². The molecule has 0 aromatic heterocycles. The molecule has 1 amide bonds. The van der Waals surface area contributed by atoms with Gasteiger partial charge in [0.15, 0.2) is 5.11 Å². The molecule has 2 aromatic rings. The Bertz CT molecular complexity index is 884. The summed E-state index contributed by atoms with van der Waals surface area (Å²) in [4.78, 5) is 17.1. The summed E-state index contributed by atoms with van der Waals surface area (Å²) in [6.45, 7) is 9.36. The highest BCUT2D eigenvalue weighted by molar-refractivity contribution is 9.10. The Morgan fingerprint density at radius 2 is 1.84 bits per heavy atom. The highest BCUT2D eigenvalue weighted by atomic mass is 79.9. The maximum absolute atomic E-state index is 12.7. The molecule has 0 bridgehead atoms. The van der Waals surface area contributed by atoms with Gasteiger partial charge >= 0.3 is 0 Å². The van der Waals surface area contributed by atoms with E-state index in [1.54, 1.807) is 12.1 Å². The third-order valence-electron chi connectivity index (χ3n) is 5.28. The number of nitrogens with one attached hydrogen (secondary N) is 1. The van der Waals surface area contributed by atoms with Crippen LogP contribution in [0.25, 0.3) is 0 Å². The summed E-state index contributed by atoms with van der Waals surface area (Å²) in [5.74, 6) is 1.13. The summed E-state index contributed by atoms with van der Waals surface area (Å²) in [6.07, 6.45) is 0.988. The van der Waals surface area contributed by atoms with Crippen LogP contribution in [0.5, 0.6) is 5.75 Å². The maximum atomic E-state index is 12.7. The van der Waals surface area contributed by atoms with Crippen LogP contribution in [0.1, 0.15) is 36.2 Å². The molecule has 0 radical (unpaired) electrons. The Morgan fingerprint density at radius 3 is 2.48 bits per heavy atom. The van der Waals surface area contributed by atoms with Crippen molar-refractivity contribution in [3.8, 4) is 5.75 Å². The second-order valence-electron chi connectivity index (χ2n) is 8.18. The normalized spacial score (nSPS) is 14.5. The lowest BCUT2D eigenvalue weighted by atomic mass is 10.1. The van der Waals surface area contributed by atoms with E-state index >= 15 is 0 Å². The van der Waals surface area contributed by atoms with Crippen LogP contribution in [-0.2, 0) is 6.54 Å². The van der Waals surface area contributed by atoms with E-state index < -0.39 is 0 Å². The number of hydrogen-bond donors (Lipinski definition) is 1. The molecule has 1 aliphatic rings. The highest BCUT2D eigenvalue weighted by Crippen LogP contribution is 2.26. The summed E-state index contributed by atoms with van der Waals surface area (Å²) in [6, 6.07) is 15.8. The van der Waals surface area contributed by atoms with Gasteiger partial charge in [0.05, 0.1) is 11.1 Å². The molecule has 2 aromatic carbocycles. The van der Waals surface area contributed by atoms with E-state index in [2.05, 4.69) is 69.2 Å². The van der Waals surface area contributed by atoms with Gasteiger partial charge < -0.3 is 9.64 Å².